The summed E-state index contributed by atoms with van der Waals surface area (Å²) in [5.74, 6) is 0. The highest BCUT2D eigenvalue weighted by molar-refractivity contribution is 9.10. The molecule has 29 heavy (non-hydrogen) atoms. The number of fused-ring (bicyclic) bond motifs is 1. The fourth-order valence-corrected chi connectivity index (χ4v) is 3.75. The van der Waals surface area contributed by atoms with Gasteiger partial charge in [0.15, 0.2) is 5.65 Å². The van der Waals surface area contributed by atoms with Crippen molar-refractivity contribution in [3.8, 4) is 28.1 Å². The molecule has 3 aromatic carbocycles. The summed E-state index contributed by atoms with van der Waals surface area (Å²) in [6.07, 6.45) is 0. The van der Waals surface area contributed by atoms with Crippen molar-refractivity contribution in [3.63, 3.8) is 0 Å². The van der Waals surface area contributed by atoms with Crippen LogP contribution in [0.5, 0.6) is 0 Å². The lowest BCUT2D eigenvalue weighted by atomic mass is 10.0. The van der Waals surface area contributed by atoms with E-state index < -0.39 is 0 Å². The predicted molar refractivity (Wildman–Crippen MR) is 120 cm³/mol. The van der Waals surface area contributed by atoms with Crippen LogP contribution in [0.1, 0.15) is 0 Å². The maximum atomic E-state index is 13.3. The number of halogens is 1. The molecule has 0 spiro atoms. The van der Waals surface area contributed by atoms with Crippen LogP contribution in [0.2, 0.25) is 0 Å². The minimum absolute atomic E-state index is 0.115. The Kier molecular flexibility index (Phi) is 4.37. The molecule has 0 unspecified atom stereocenters. The van der Waals surface area contributed by atoms with Gasteiger partial charge in [0.1, 0.15) is 0 Å². The minimum atomic E-state index is -0.115. The van der Waals surface area contributed by atoms with Crippen LogP contribution < -0.4 is 5.56 Å². The van der Waals surface area contributed by atoms with Crippen molar-refractivity contribution in [3.05, 3.63) is 106 Å². The number of nitrogens with zero attached hydrogens (tertiary/aromatic N) is 2. The Morgan fingerprint density at radius 2 is 1.45 bits per heavy atom. The molecule has 0 aliphatic carbocycles. The van der Waals surface area contributed by atoms with Crippen LogP contribution in [0, 0.1) is 0 Å². The number of pyridine rings is 1. The van der Waals surface area contributed by atoms with Gasteiger partial charge in [-0.3, -0.25) is 9.89 Å². The van der Waals surface area contributed by atoms with Crippen molar-refractivity contribution in [1.29, 1.82) is 0 Å². The van der Waals surface area contributed by atoms with Gasteiger partial charge in [-0.25, -0.2) is 9.67 Å². The van der Waals surface area contributed by atoms with E-state index in [1.54, 1.807) is 4.68 Å². The molecule has 0 radical (unpaired) electrons. The molecule has 2 aromatic heterocycles. The molecule has 5 aromatic rings. The Hall–Kier alpha value is -3.44. The van der Waals surface area contributed by atoms with E-state index in [0.717, 1.165) is 32.5 Å². The standard InChI is InChI=1S/C24H16BrN3O/c25-18-13-11-16(12-14-18)20-15-21(17-7-3-1-4-8-17)26-23-22(20)24(29)28(27-23)19-9-5-2-6-10-19/h1-15H,(H,26,27). The first-order valence-electron chi connectivity index (χ1n) is 9.23. The smallest absolute Gasteiger partial charge is 0.274 e. The fourth-order valence-electron chi connectivity index (χ4n) is 3.48. The molecule has 5 heteroatoms. The fraction of sp³-hybridized carbons (Fsp3) is 0. The van der Waals surface area contributed by atoms with Crippen LogP contribution in [0.15, 0.2) is 100 Å². The molecule has 0 fully saturated rings. The maximum absolute atomic E-state index is 13.3. The number of nitrogens with one attached hydrogen (secondary N) is 1. The molecular formula is C24H16BrN3O. The largest absolute Gasteiger partial charge is 0.281 e. The monoisotopic (exact) mass is 441 g/mol. The van der Waals surface area contributed by atoms with Gasteiger partial charge in [-0.15, -0.1) is 0 Å². The van der Waals surface area contributed by atoms with E-state index in [4.69, 9.17) is 4.98 Å². The second kappa shape index (κ2) is 7.18. The molecular weight excluding hydrogens is 426 g/mol. The minimum Gasteiger partial charge on any atom is -0.274 e. The van der Waals surface area contributed by atoms with Gasteiger partial charge in [-0.05, 0) is 35.9 Å². The lowest BCUT2D eigenvalue weighted by Gasteiger charge is -2.07. The average molecular weight is 442 g/mol. The zero-order valence-electron chi connectivity index (χ0n) is 15.3. The third-order valence-corrected chi connectivity index (χ3v) is 5.42. The number of benzene rings is 3. The number of para-hydroxylation sites is 1. The zero-order valence-corrected chi connectivity index (χ0v) is 16.9. The predicted octanol–water partition coefficient (Wildman–Crippen LogP) is 5.81. The van der Waals surface area contributed by atoms with Gasteiger partial charge in [-0.2, -0.15) is 0 Å². The summed E-state index contributed by atoms with van der Waals surface area (Å²) in [5, 5.41) is 3.78. The third kappa shape index (κ3) is 3.19. The Bertz CT molecular complexity index is 1350. The lowest BCUT2D eigenvalue weighted by molar-refractivity contribution is 0.859. The summed E-state index contributed by atoms with van der Waals surface area (Å²) < 4.78 is 2.54. The van der Waals surface area contributed by atoms with Gasteiger partial charge in [-0.1, -0.05) is 76.6 Å². The molecule has 5 rings (SSSR count). The summed E-state index contributed by atoms with van der Waals surface area (Å²) >= 11 is 3.48. The molecule has 0 saturated carbocycles. The summed E-state index contributed by atoms with van der Waals surface area (Å²) in [4.78, 5) is 18.1. The van der Waals surface area contributed by atoms with Gasteiger partial charge in [0, 0.05) is 15.6 Å². The van der Waals surface area contributed by atoms with Gasteiger partial charge >= 0.3 is 0 Å². The van der Waals surface area contributed by atoms with Gasteiger partial charge in [0.2, 0.25) is 0 Å². The summed E-state index contributed by atoms with van der Waals surface area (Å²) in [7, 11) is 0. The number of aromatic nitrogens is 3. The summed E-state index contributed by atoms with van der Waals surface area (Å²) in [6, 6.07) is 29.5. The number of hydrogen-bond acceptors (Lipinski definition) is 2. The first kappa shape index (κ1) is 17.6. The van der Waals surface area contributed by atoms with Crippen LogP contribution in [0.25, 0.3) is 39.1 Å². The van der Waals surface area contributed by atoms with E-state index >= 15 is 0 Å². The molecule has 4 nitrogen and oxygen atoms in total. The Balaban J connectivity index is 1.83. The normalized spacial score (nSPS) is 11.1. The molecule has 0 aliphatic heterocycles. The Morgan fingerprint density at radius 3 is 2.14 bits per heavy atom. The molecule has 140 valence electrons. The molecule has 0 aliphatic rings. The molecule has 1 N–H and O–H groups in total. The highest BCUT2D eigenvalue weighted by atomic mass is 79.9. The van der Waals surface area contributed by atoms with Crippen molar-refractivity contribution in [2.75, 3.05) is 0 Å². The number of hydrogen-bond donors (Lipinski definition) is 1. The molecule has 0 bridgehead atoms. The van der Waals surface area contributed by atoms with E-state index in [9.17, 15) is 4.79 Å². The second-order valence-electron chi connectivity index (χ2n) is 6.74. The van der Waals surface area contributed by atoms with E-state index in [2.05, 4.69) is 21.0 Å². The van der Waals surface area contributed by atoms with Crippen LogP contribution in [0.4, 0.5) is 0 Å². The van der Waals surface area contributed by atoms with Gasteiger partial charge < -0.3 is 0 Å². The van der Waals surface area contributed by atoms with Gasteiger partial charge in [0.25, 0.3) is 5.56 Å². The highest BCUT2D eigenvalue weighted by Crippen LogP contribution is 2.31. The topological polar surface area (TPSA) is 50.7 Å². The van der Waals surface area contributed by atoms with Crippen molar-refractivity contribution in [2.24, 2.45) is 0 Å². The Morgan fingerprint density at radius 1 is 0.793 bits per heavy atom. The van der Waals surface area contributed by atoms with Crippen molar-refractivity contribution < 1.29 is 0 Å². The maximum Gasteiger partial charge on any atom is 0.281 e. The number of aromatic amines is 1. The Labute approximate surface area is 175 Å². The summed E-state index contributed by atoms with van der Waals surface area (Å²) in [6.45, 7) is 0. The zero-order chi connectivity index (χ0) is 19.8. The van der Waals surface area contributed by atoms with Gasteiger partial charge in [0.05, 0.1) is 16.8 Å². The van der Waals surface area contributed by atoms with E-state index in [1.165, 1.54) is 0 Å². The van der Waals surface area contributed by atoms with Crippen LogP contribution >= 0.6 is 15.9 Å². The number of rotatable bonds is 3. The van der Waals surface area contributed by atoms with E-state index in [1.807, 2.05) is 91.0 Å². The van der Waals surface area contributed by atoms with Crippen molar-refractivity contribution in [2.45, 2.75) is 0 Å². The molecule has 0 saturated heterocycles. The quantitative estimate of drug-likeness (QED) is 0.383. The number of H-pyrrole nitrogens is 1. The lowest BCUT2D eigenvalue weighted by Crippen LogP contribution is -2.14. The first-order chi connectivity index (χ1) is 14.2. The van der Waals surface area contributed by atoms with Crippen LogP contribution in [0.3, 0.4) is 0 Å². The second-order valence-corrected chi connectivity index (χ2v) is 7.66. The molecule has 0 amide bonds. The molecule has 2 heterocycles. The SMILES string of the molecule is O=c1c2c(-c3ccc(Br)cc3)cc(-c3ccccc3)nc2[nH]n1-c1ccccc1. The van der Waals surface area contributed by atoms with Crippen molar-refractivity contribution in [1.82, 2.24) is 14.8 Å². The third-order valence-electron chi connectivity index (χ3n) is 4.89. The van der Waals surface area contributed by atoms with E-state index in [0.29, 0.717) is 11.0 Å². The van der Waals surface area contributed by atoms with E-state index in [-0.39, 0.29) is 5.56 Å². The highest BCUT2D eigenvalue weighted by Gasteiger charge is 2.17. The van der Waals surface area contributed by atoms with Crippen LogP contribution in [-0.2, 0) is 0 Å². The van der Waals surface area contributed by atoms with Crippen molar-refractivity contribution >= 4 is 27.0 Å². The first-order valence-corrected chi connectivity index (χ1v) is 10.0. The molecule has 0 atom stereocenters. The summed E-state index contributed by atoms with van der Waals surface area (Å²) in [5.41, 5.74) is 4.87. The van der Waals surface area contributed by atoms with Crippen LogP contribution in [-0.4, -0.2) is 14.8 Å². The average Bonchev–Trinajstić information content (AvgIpc) is 3.11.